The van der Waals surface area contributed by atoms with Crippen molar-refractivity contribution in [2.24, 2.45) is 0 Å². The molecule has 2 aromatic rings. The summed E-state index contributed by atoms with van der Waals surface area (Å²) in [5.74, 6) is 0.0308. The molecule has 0 aliphatic carbocycles. The Bertz CT molecular complexity index is 809. The molecule has 1 unspecified atom stereocenters. The number of carbonyl (C=O) groups excluding carboxylic acids is 1. The molecule has 7 heteroatoms. The van der Waals surface area contributed by atoms with Crippen molar-refractivity contribution in [2.75, 3.05) is 24.3 Å². The van der Waals surface area contributed by atoms with Crippen molar-refractivity contribution in [3.8, 4) is 0 Å². The third kappa shape index (κ3) is 2.61. The van der Waals surface area contributed by atoms with Crippen LogP contribution in [-0.2, 0) is 9.84 Å². The molecule has 1 aromatic carbocycles. The lowest BCUT2D eigenvalue weighted by atomic mass is 10.2. The lowest BCUT2D eigenvalue weighted by Crippen LogP contribution is -2.37. The summed E-state index contributed by atoms with van der Waals surface area (Å²) in [7, 11) is -1.42. The van der Waals surface area contributed by atoms with E-state index >= 15 is 0 Å². The average molecular weight is 308 g/mol. The number of nitrogens with zero attached hydrogens (tertiary/aromatic N) is 1. The van der Waals surface area contributed by atoms with Gasteiger partial charge in [-0.1, -0.05) is 0 Å². The van der Waals surface area contributed by atoms with Crippen LogP contribution in [0.1, 0.15) is 17.0 Å². The van der Waals surface area contributed by atoms with E-state index in [4.69, 9.17) is 10.2 Å². The number of carbonyl (C=O) groups is 1. The van der Waals surface area contributed by atoms with Gasteiger partial charge in [-0.25, -0.2) is 8.42 Å². The lowest BCUT2D eigenvalue weighted by Gasteiger charge is -2.22. The fraction of sp³-hybridized carbons (Fsp3) is 0.357. The van der Waals surface area contributed by atoms with Crippen LogP contribution < -0.4 is 5.73 Å². The second-order valence-electron chi connectivity index (χ2n) is 5.38. The molecule has 0 spiro atoms. The molecule has 0 bridgehead atoms. The molecule has 0 saturated carbocycles. The van der Waals surface area contributed by atoms with Crippen LogP contribution in [0.15, 0.2) is 28.7 Å². The molecule has 21 heavy (non-hydrogen) atoms. The van der Waals surface area contributed by atoms with Gasteiger partial charge in [0.2, 0.25) is 0 Å². The van der Waals surface area contributed by atoms with Gasteiger partial charge in [0.25, 0.3) is 5.91 Å². The maximum absolute atomic E-state index is 12.4. The quantitative estimate of drug-likeness (QED) is 0.843. The van der Waals surface area contributed by atoms with E-state index < -0.39 is 9.84 Å². The molecule has 1 atom stereocenters. The van der Waals surface area contributed by atoms with Crippen LogP contribution in [0.25, 0.3) is 11.0 Å². The Morgan fingerprint density at radius 1 is 1.38 bits per heavy atom. The number of benzene rings is 1. The van der Waals surface area contributed by atoms with Gasteiger partial charge in [-0.3, -0.25) is 4.79 Å². The number of amides is 1. The highest BCUT2D eigenvalue weighted by Gasteiger charge is 2.33. The highest BCUT2D eigenvalue weighted by atomic mass is 32.2. The van der Waals surface area contributed by atoms with E-state index in [0.29, 0.717) is 17.7 Å². The topological polar surface area (TPSA) is 93.6 Å². The smallest absolute Gasteiger partial charge is 0.289 e. The van der Waals surface area contributed by atoms with E-state index in [1.165, 1.54) is 4.90 Å². The molecule has 0 radical (unpaired) electrons. The van der Waals surface area contributed by atoms with Crippen molar-refractivity contribution in [1.29, 1.82) is 0 Å². The Labute approximate surface area is 122 Å². The third-order valence-corrected chi connectivity index (χ3v) is 5.58. The highest BCUT2D eigenvalue weighted by Crippen LogP contribution is 2.24. The first kappa shape index (κ1) is 13.9. The molecule has 3 rings (SSSR count). The predicted octanol–water partition coefficient (Wildman–Crippen LogP) is 1.27. The normalized spacial score (nSPS) is 20.7. The van der Waals surface area contributed by atoms with Crippen LogP contribution in [0, 0.1) is 0 Å². The van der Waals surface area contributed by atoms with E-state index in [-0.39, 0.29) is 29.2 Å². The molecule has 6 nitrogen and oxygen atoms in total. The van der Waals surface area contributed by atoms with Crippen molar-refractivity contribution < 1.29 is 17.6 Å². The van der Waals surface area contributed by atoms with Gasteiger partial charge in [0.1, 0.15) is 5.58 Å². The first-order valence-electron chi connectivity index (χ1n) is 6.62. The maximum Gasteiger partial charge on any atom is 0.289 e. The van der Waals surface area contributed by atoms with Crippen LogP contribution in [0.4, 0.5) is 5.69 Å². The van der Waals surface area contributed by atoms with Gasteiger partial charge in [0, 0.05) is 24.2 Å². The Morgan fingerprint density at radius 2 is 2.14 bits per heavy atom. The minimum Gasteiger partial charge on any atom is -0.451 e. The van der Waals surface area contributed by atoms with Gasteiger partial charge < -0.3 is 15.1 Å². The standard InChI is InChI=1S/C14H16N2O4S/c1-16(11-4-5-21(18,19)8-11)14(17)13-7-9-6-10(15)2-3-12(9)20-13/h2-3,6-7,11H,4-5,8,15H2,1H3. The van der Waals surface area contributed by atoms with Gasteiger partial charge in [-0.05, 0) is 30.7 Å². The zero-order valence-corrected chi connectivity index (χ0v) is 12.4. The van der Waals surface area contributed by atoms with Gasteiger partial charge in [-0.15, -0.1) is 0 Å². The monoisotopic (exact) mass is 308 g/mol. The fourth-order valence-corrected chi connectivity index (χ4v) is 4.36. The second-order valence-corrected chi connectivity index (χ2v) is 7.61. The number of hydrogen-bond donors (Lipinski definition) is 1. The number of sulfone groups is 1. The zero-order valence-electron chi connectivity index (χ0n) is 11.6. The third-order valence-electron chi connectivity index (χ3n) is 3.83. The number of anilines is 1. The van der Waals surface area contributed by atoms with Gasteiger partial charge in [0.05, 0.1) is 11.5 Å². The van der Waals surface area contributed by atoms with Crippen LogP contribution in [0.5, 0.6) is 0 Å². The largest absolute Gasteiger partial charge is 0.451 e. The van der Waals surface area contributed by atoms with Crippen molar-refractivity contribution in [3.63, 3.8) is 0 Å². The number of rotatable bonds is 2. The van der Waals surface area contributed by atoms with Gasteiger partial charge >= 0.3 is 0 Å². The molecule has 2 N–H and O–H groups in total. The van der Waals surface area contributed by atoms with Crippen LogP contribution in [-0.4, -0.2) is 43.8 Å². The number of hydrogen-bond acceptors (Lipinski definition) is 5. The number of furan rings is 1. The summed E-state index contributed by atoms with van der Waals surface area (Å²) in [6.07, 6.45) is 0.470. The van der Waals surface area contributed by atoms with Crippen molar-refractivity contribution in [1.82, 2.24) is 4.90 Å². The Balaban J connectivity index is 1.86. The first-order chi connectivity index (χ1) is 9.85. The summed E-state index contributed by atoms with van der Waals surface area (Å²) in [5, 5.41) is 0.755. The number of nitrogen functional groups attached to an aromatic ring is 1. The number of nitrogens with two attached hydrogens (primary N) is 1. The molecular weight excluding hydrogens is 292 g/mol. The Kier molecular flexibility index (Phi) is 3.16. The summed E-state index contributed by atoms with van der Waals surface area (Å²) < 4.78 is 28.5. The fourth-order valence-electron chi connectivity index (χ4n) is 2.59. The molecule has 1 aliphatic rings. The van der Waals surface area contributed by atoms with E-state index in [1.807, 2.05) is 0 Å². The molecule has 2 heterocycles. The molecule has 1 aromatic heterocycles. The SMILES string of the molecule is CN(C(=O)c1cc2cc(N)ccc2o1)C1CCS(=O)(=O)C1. The van der Waals surface area contributed by atoms with E-state index in [1.54, 1.807) is 31.3 Å². The molecule has 1 aliphatic heterocycles. The summed E-state index contributed by atoms with van der Waals surface area (Å²) in [6, 6.07) is 6.49. The zero-order chi connectivity index (χ0) is 15.2. The maximum atomic E-state index is 12.4. The van der Waals surface area contributed by atoms with Gasteiger partial charge in [0.15, 0.2) is 15.6 Å². The minimum atomic E-state index is -3.03. The van der Waals surface area contributed by atoms with E-state index in [2.05, 4.69) is 0 Å². The minimum absolute atomic E-state index is 0.0163. The summed E-state index contributed by atoms with van der Waals surface area (Å²) in [6.45, 7) is 0. The molecule has 1 fully saturated rings. The van der Waals surface area contributed by atoms with Crippen molar-refractivity contribution in [3.05, 3.63) is 30.0 Å². The first-order valence-corrected chi connectivity index (χ1v) is 8.44. The van der Waals surface area contributed by atoms with E-state index in [0.717, 1.165) is 5.39 Å². The molecule has 1 amide bonds. The van der Waals surface area contributed by atoms with Crippen molar-refractivity contribution >= 4 is 32.4 Å². The summed E-state index contributed by atoms with van der Waals surface area (Å²) in [5.41, 5.74) is 6.87. The van der Waals surface area contributed by atoms with Crippen LogP contribution in [0.3, 0.4) is 0 Å². The number of fused-ring (bicyclic) bond motifs is 1. The van der Waals surface area contributed by atoms with Gasteiger partial charge in [-0.2, -0.15) is 0 Å². The molecule has 112 valence electrons. The molecule has 1 saturated heterocycles. The Morgan fingerprint density at radius 3 is 2.81 bits per heavy atom. The Hall–Kier alpha value is -2.02. The predicted molar refractivity (Wildman–Crippen MR) is 79.8 cm³/mol. The van der Waals surface area contributed by atoms with Crippen molar-refractivity contribution in [2.45, 2.75) is 12.5 Å². The summed E-state index contributed by atoms with van der Waals surface area (Å²) in [4.78, 5) is 13.9. The van der Waals surface area contributed by atoms with E-state index in [9.17, 15) is 13.2 Å². The summed E-state index contributed by atoms with van der Waals surface area (Å²) >= 11 is 0. The lowest BCUT2D eigenvalue weighted by molar-refractivity contribution is 0.0718. The highest BCUT2D eigenvalue weighted by molar-refractivity contribution is 7.91. The van der Waals surface area contributed by atoms with Crippen LogP contribution in [0.2, 0.25) is 0 Å². The average Bonchev–Trinajstić information content (AvgIpc) is 2.99. The molecular formula is C14H16N2O4S. The van der Waals surface area contributed by atoms with Crippen LogP contribution >= 0.6 is 0 Å². The second kappa shape index (κ2) is 4.77.